The molecule has 0 spiro atoms. The largest absolute Gasteiger partial charge is 0.481 e. The van der Waals surface area contributed by atoms with Crippen molar-refractivity contribution >= 4 is 11.6 Å². The molecule has 1 amide bonds. The summed E-state index contributed by atoms with van der Waals surface area (Å²) in [4.78, 5) is 11.9. The third-order valence-corrected chi connectivity index (χ3v) is 2.67. The molecule has 0 aliphatic carbocycles. The summed E-state index contributed by atoms with van der Waals surface area (Å²) in [5.41, 5.74) is 0.105. The van der Waals surface area contributed by atoms with Crippen LogP contribution in [0, 0.1) is 17.5 Å². The van der Waals surface area contributed by atoms with Crippen molar-refractivity contribution in [2.45, 2.75) is 13.0 Å². The van der Waals surface area contributed by atoms with Gasteiger partial charge in [-0.3, -0.25) is 4.79 Å². The molecule has 1 atom stereocenters. The molecule has 1 unspecified atom stereocenters. The van der Waals surface area contributed by atoms with Crippen molar-refractivity contribution < 1.29 is 22.7 Å². The molecule has 0 radical (unpaired) electrons. The normalized spacial score (nSPS) is 11.8. The highest BCUT2D eigenvalue weighted by molar-refractivity contribution is 5.94. The van der Waals surface area contributed by atoms with Crippen LogP contribution < -0.4 is 10.1 Å². The van der Waals surface area contributed by atoms with E-state index in [1.165, 1.54) is 31.2 Å². The zero-order chi connectivity index (χ0) is 15.4. The lowest BCUT2D eigenvalue weighted by Crippen LogP contribution is -2.30. The van der Waals surface area contributed by atoms with Crippen LogP contribution in [-0.4, -0.2) is 12.0 Å². The average Bonchev–Trinajstić information content (AvgIpc) is 2.43. The molecule has 0 heterocycles. The van der Waals surface area contributed by atoms with Crippen LogP contribution in [0.2, 0.25) is 0 Å². The Hall–Kier alpha value is -2.50. The summed E-state index contributed by atoms with van der Waals surface area (Å²) in [5.74, 6) is -2.92. The van der Waals surface area contributed by atoms with E-state index < -0.39 is 29.5 Å². The van der Waals surface area contributed by atoms with Crippen LogP contribution in [0.1, 0.15) is 6.92 Å². The molecule has 110 valence electrons. The molecule has 0 fully saturated rings. The second-order valence-electron chi connectivity index (χ2n) is 4.34. The first-order valence-corrected chi connectivity index (χ1v) is 6.14. The molecule has 0 aliphatic rings. The summed E-state index contributed by atoms with van der Waals surface area (Å²) >= 11 is 0. The molecule has 21 heavy (non-hydrogen) atoms. The van der Waals surface area contributed by atoms with Crippen molar-refractivity contribution in [3.8, 4) is 5.75 Å². The molecule has 0 bridgehead atoms. The van der Waals surface area contributed by atoms with E-state index in [9.17, 15) is 18.0 Å². The number of anilines is 1. The van der Waals surface area contributed by atoms with Crippen LogP contribution in [-0.2, 0) is 4.79 Å². The summed E-state index contributed by atoms with van der Waals surface area (Å²) in [6.07, 6.45) is -0.931. The van der Waals surface area contributed by atoms with E-state index in [1.807, 2.05) is 0 Å². The number of benzene rings is 2. The second-order valence-corrected chi connectivity index (χ2v) is 4.34. The highest BCUT2D eigenvalue weighted by Crippen LogP contribution is 2.16. The SMILES string of the molecule is CC(Oc1cccc(F)c1)C(=O)Nc1ccc(F)c(F)c1. The Balaban J connectivity index is 2.00. The van der Waals surface area contributed by atoms with Crippen molar-refractivity contribution in [3.05, 3.63) is 59.9 Å². The van der Waals surface area contributed by atoms with Crippen molar-refractivity contribution in [2.75, 3.05) is 5.32 Å². The van der Waals surface area contributed by atoms with Crippen LogP contribution in [0.4, 0.5) is 18.9 Å². The highest BCUT2D eigenvalue weighted by atomic mass is 19.2. The number of carbonyl (C=O) groups is 1. The molecule has 1 N–H and O–H groups in total. The lowest BCUT2D eigenvalue weighted by atomic mass is 10.2. The molecule has 0 saturated carbocycles. The maximum Gasteiger partial charge on any atom is 0.265 e. The Kier molecular flexibility index (Phi) is 4.47. The number of ether oxygens (including phenoxy) is 1. The van der Waals surface area contributed by atoms with E-state index in [2.05, 4.69) is 5.32 Å². The smallest absolute Gasteiger partial charge is 0.265 e. The second kappa shape index (κ2) is 6.30. The molecule has 0 aromatic heterocycles. The van der Waals surface area contributed by atoms with Gasteiger partial charge in [-0.2, -0.15) is 0 Å². The Morgan fingerprint density at radius 2 is 1.86 bits per heavy atom. The topological polar surface area (TPSA) is 38.3 Å². The molecule has 2 rings (SSSR count). The zero-order valence-corrected chi connectivity index (χ0v) is 11.1. The van der Waals surface area contributed by atoms with Gasteiger partial charge in [0, 0.05) is 17.8 Å². The van der Waals surface area contributed by atoms with Crippen LogP contribution >= 0.6 is 0 Å². The molecule has 0 aliphatic heterocycles. The van der Waals surface area contributed by atoms with E-state index in [1.54, 1.807) is 0 Å². The number of halogens is 3. The minimum absolute atomic E-state index is 0.105. The highest BCUT2D eigenvalue weighted by Gasteiger charge is 2.16. The van der Waals surface area contributed by atoms with Gasteiger partial charge in [0.2, 0.25) is 0 Å². The lowest BCUT2D eigenvalue weighted by molar-refractivity contribution is -0.122. The number of rotatable bonds is 4. The average molecular weight is 295 g/mol. The predicted octanol–water partition coefficient (Wildman–Crippen LogP) is 3.51. The number of hydrogen-bond acceptors (Lipinski definition) is 2. The van der Waals surface area contributed by atoms with Crippen molar-refractivity contribution in [1.82, 2.24) is 0 Å². The summed E-state index contributed by atoms with van der Waals surface area (Å²) < 4.78 is 44.0. The summed E-state index contributed by atoms with van der Waals surface area (Å²) in [5, 5.41) is 2.38. The lowest BCUT2D eigenvalue weighted by Gasteiger charge is -2.14. The van der Waals surface area contributed by atoms with Crippen LogP contribution in [0.15, 0.2) is 42.5 Å². The summed E-state index contributed by atoms with van der Waals surface area (Å²) in [7, 11) is 0. The van der Waals surface area contributed by atoms with E-state index in [-0.39, 0.29) is 11.4 Å². The Labute approximate surface area is 119 Å². The molecular formula is C15H12F3NO2. The maximum absolute atomic E-state index is 13.0. The van der Waals surface area contributed by atoms with E-state index in [4.69, 9.17) is 4.74 Å². The molecule has 2 aromatic rings. The number of hydrogen-bond donors (Lipinski definition) is 1. The first-order valence-electron chi connectivity index (χ1n) is 6.14. The van der Waals surface area contributed by atoms with Crippen molar-refractivity contribution in [3.63, 3.8) is 0 Å². The fraction of sp³-hybridized carbons (Fsp3) is 0.133. The monoisotopic (exact) mass is 295 g/mol. The maximum atomic E-state index is 13.0. The molecule has 3 nitrogen and oxygen atoms in total. The van der Waals surface area contributed by atoms with Crippen LogP contribution in [0.25, 0.3) is 0 Å². The fourth-order valence-electron chi connectivity index (χ4n) is 1.62. The standard InChI is InChI=1S/C15H12F3NO2/c1-9(21-12-4-2-3-10(16)7-12)15(20)19-11-5-6-13(17)14(18)8-11/h2-9H,1H3,(H,19,20). The van der Waals surface area contributed by atoms with Gasteiger partial charge in [-0.05, 0) is 31.2 Å². The van der Waals surface area contributed by atoms with Gasteiger partial charge in [0.15, 0.2) is 17.7 Å². The predicted molar refractivity (Wildman–Crippen MR) is 71.5 cm³/mol. The van der Waals surface area contributed by atoms with Crippen molar-refractivity contribution in [1.29, 1.82) is 0 Å². The first kappa shape index (κ1) is 14.9. The third-order valence-electron chi connectivity index (χ3n) is 2.67. The van der Waals surface area contributed by atoms with Gasteiger partial charge >= 0.3 is 0 Å². The third kappa shape index (κ3) is 3.98. The van der Waals surface area contributed by atoms with Crippen molar-refractivity contribution in [2.24, 2.45) is 0 Å². The van der Waals surface area contributed by atoms with E-state index in [0.29, 0.717) is 0 Å². The van der Waals surface area contributed by atoms with Gasteiger partial charge in [-0.25, -0.2) is 13.2 Å². The first-order chi connectivity index (χ1) is 9.95. The van der Waals surface area contributed by atoms with Gasteiger partial charge in [0.25, 0.3) is 5.91 Å². The minimum atomic E-state index is -1.06. The fourth-order valence-corrected chi connectivity index (χ4v) is 1.62. The number of amides is 1. The van der Waals surface area contributed by atoms with Gasteiger partial charge in [0.1, 0.15) is 11.6 Å². The van der Waals surface area contributed by atoms with Gasteiger partial charge in [-0.1, -0.05) is 6.07 Å². The van der Waals surface area contributed by atoms with Gasteiger partial charge < -0.3 is 10.1 Å². The Morgan fingerprint density at radius 3 is 2.52 bits per heavy atom. The van der Waals surface area contributed by atoms with E-state index >= 15 is 0 Å². The van der Waals surface area contributed by atoms with Crippen LogP contribution in [0.3, 0.4) is 0 Å². The van der Waals surface area contributed by atoms with Gasteiger partial charge in [-0.15, -0.1) is 0 Å². The Morgan fingerprint density at radius 1 is 1.10 bits per heavy atom. The zero-order valence-electron chi connectivity index (χ0n) is 11.1. The summed E-state index contributed by atoms with van der Waals surface area (Å²) in [6.45, 7) is 1.46. The molecule has 0 saturated heterocycles. The van der Waals surface area contributed by atoms with Gasteiger partial charge in [0.05, 0.1) is 0 Å². The summed E-state index contributed by atoms with van der Waals surface area (Å²) in [6, 6.07) is 8.34. The number of carbonyl (C=O) groups excluding carboxylic acids is 1. The minimum Gasteiger partial charge on any atom is -0.481 e. The molecular weight excluding hydrogens is 283 g/mol. The quantitative estimate of drug-likeness (QED) is 0.937. The number of nitrogens with one attached hydrogen (secondary N) is 1. The Bertz CT molecular complexity index is 661. The van der Waals surface area contributed by atoms with Crippen LogP contribution in [0.5, 0.6) is 5.75 Å². The molecule has 2 aromatic carbocycles. The molecule has 6 heteroatoms. The van der Waals surface area contributed by atoms with E-state index in [0.717, 1.165) is 18.2 Å².